The Labute approximate surface area is 142 Å². The van der Waals surface area contributed by atoms with Crippen LogP contribution in [0, 0.1) is 0 Å². The lowest BCUT2D eigenvalue weighted by Gasteiger charge is -2.34. The third-order valence-corrected chi connectivity index (χ3v) is 4.75. The predicted octanol–water partition coefficient (Wildman–Crippen LogP) is 2.14. The highest BCUT2D eigenvalue weighted by Gasteiger charge is 2.23. The number of hydrogen-bond acceptors (Lipinski definition) is 6. The summed E-state index contributed by atoms with van der Waals surface area (Å²) in [6.45, 7) is 1.71. The molecule has 0 saturated carbocycles. The minimum atomic E-state index is -2.33. The van der Waals surface area contributed by atoms with Crippen molar-refractivity contribution >= 4 is 17.2 Å². The predicted molar refractivity (Wildman–Crippen MR) is 85.0 cm³/mol. The summed E-state index contributed by atoms with van der Waals surface area (Å²) >= 11 is 1.52. The number of carbonyl (C=O) groups excluding carboxylic acids is 1. The number of carbonyl (C=O) groups is 1. The van der Waals surface area contributed by atoms with Crippen LogP contribution in [-0.4, -0.2) is 65.0 Å². The summed E-state index contributed by atoms with van der Waals surface area (Å²) in [7, 11) is 0. The lowest BCUT2D eigenvalue weighted by molar-refractivity contribution is -0.133. The molecule has 3 heterocycles. The largest absolute Gasteiger partial charge is 0.340 e. The van der Waals surface area contributed by atoms with Gasteiger partial charge in [0.05, 0.1) is 11.4 Å². The zero-order valence-electron chi connectivity index (χ0n) is 13.0. The maximum atomic E-state index is 12.3. The molecule has 0 N–H and O–H groups in total. The lowest BCUT2D eigenvalue weighted by atomic mass is 10.2. The number of halogens is 2. The summed E-state index contributed by atoms with van der Waals surface area (Å²) in [4.78, 5) is 20.8. The highest BCUT2D eigenvalue weighted by atomic mass is 32.1. The summed E-state index contributed by atoms with van der Waals surface area (Å²) in [6, 6.07) is 3.82. The van der Waals surface area contributed by atoms with Crippen LogP contribution in [0.2, 0.25) is 0 Å². The van der Waals surface area contributed by atoms with Gasteiger partial charge < -0.3 is 9.42 Å². The molecule has 0 radical (unpaired) electrons. The van der Waals surface area contributed by atoms with Gasteiger partial charge in [-0.2, -0.15) is 4.98 Å². The monoisotopic (exact) mass is 356 g/mol. The zero-order valence-corrected chi connectivity index (χ0v) is 13.8. The number of rotatable bonds is 6. The molecule has 1 aliphatic rings. The molecular weight excluding hydrogens is 338 g/mol. The molecule has 2 aromatic rings. The smallest absolute Gasteiger partial charge is 0.251 e. The standard InChI is InChI=1S/C15H18F2N4O2S/c16-12(17)10-20-5-7-21(8-6-20)14(22)4-3-13-18-15(19-23-13)11-2-1-9-24-11/h1-2,9,12H,3-8,10H2. The molecule has 9 heteroatoms. The van der Waals surface area contributed by atoms with E-state index in [1.165, 1.54) is 11.3 Å². The third-order valence-electron chi connectivity index (χ3n) is 3.88. The molecule has 0 aromatic carbocycles. The fraction of sp³-hybridized carbons (Fsp3) is 0.533. The molecule has 0 atom stereocenters. The van der Waals surface area contributed by atoms with Gasteiger partial charge in [-0.05, 0) is 11.4 Å². The Morgan fingerprint density at radius 3 is 2.79 bits per heavy atom. The summed E-state index contributed by atoms with van der Waals surface area (Å²) in [5.74, 6) is 0.957. The van der Waals surface area contributed by atoms with Crippen molar-refractivity contribution in [3.8, 4) is 10.7 Å². The maximum absolute atomic E-state index is 12.3. The Morgan fingerprint density at radius 1 is 1.33 bits per heavy atom. The van der Waals surface area contributed by atoms with Gasteiger partial charge in [-0.15, -0.1) is 11.3 Å². The number of amides is 1. The van der Waals surface area contributed by atoms with E-state index in [2.05, 4.69) is 10.1 Å². The number of thiophene rings is 1. The molecule has 3 rings (SSSR count). The van der Waals surface area contributed by atoms with E-state index in [-0.39, 0.29) is 18.9 Å². The van der Waals surface area contributed by atoms with E-state index in [1.54, 1.807) is 9.80 Å². The fourth-order valence-corrected chi connectivity index (χ4v) is 3.26. The molecule has 1 fully saturated rings. The average molecular weight is 356 g/mol. The van der Waals surface area contributed by atoms with Crippen LogP contribution in [0.1, 0.15) is 12.3 Å². The van der Waals surface area contributed by atoms with Crippen molar-refractivity contribution in [2.45, 2.75) is 19.3 Å². The van der Waals surface area contributed by atoms with Crippen molar-refractivity contribution in [3.63, 3.8) is 0 Å². The van der Waals surface area contributed by atoms with Crippen molar-refractivity contribution in [1.29, 1.82) is 0 Å². The first kappa shape index (κ1) is 17.0. The number of aromatic nitrogens is 2. The fourth-order valence-electron chi connectivity index (χ4n) is 2.61. The molecular formula is C15H18F2N4O2S. The normalized spacial score (nSPS) is 16.0. The van der Waals surface area contributed by atoms with E-state index in [9.17, 15) is 13.6 Å². The van der Waals surface area contributed by atoms with Gasteiger partial charge >= 0.3 is 0 Å². The summed E-state index contributed by atoms with van der Waals surface area (Å²) in [5.41, 5.74) is 0. The van der Waals surface area contributed by atoms with E-state index < -0.39 is 6.43 Å². The van der Waals surface area contributed by atoms with Crippen LogP contribution in [-0.2, 0) is 11.2 Å². The van der Waals surface area contributed by atoms with E-state index in [4.69, 9.17) is 4.52 Å². The number of alkyl halides is 2. The number of aryl methyl sites for hydroxylation is 1. The first-order valence-corrected chi connectivity index (χ1v) is 8.64. The lowest BCUT2D eigenvalue weighted by Crippen LogP contribution is -2.49. The zero-order chi connectivity index (χ0) is 16.9. The number of nitrogens with zero attached hydrogens (tertiary/aromatic N) is 4. The Balaban J connectivity index is 1.45. The first-order chi connectivity index (χ1) is 11.6. The quantitative estimate of drug-likeness (QED) is 0.794. The van der Waals surface area contributed by atoms with Crippen LogP contribution < -0.4 is 0 Å². The highest BCUT2D eigenvalue weighted by molar-refractivity contribution is 7.13. The molecule has 1 aliphatic heterocycles. The topological polar surface area (TPSA) is 62.5 Å². The van der Waals surface area contributed by atoms with Crippen LogP contribution >= 0.6 is 11.3 Å². The van der Waals surface area contributed by atoms with E-state index >= 15 is 0 Å². The molecule has 0 spiro atoms. The Bertz CT molecular complexity index is 654. The molecule has 1 amide bonds. The van der Waals surface area contributed by atoms with Gasteiger partial charge in [0.15, 0.2) is 0 Å². The molecule has 130 valence electrons. The van der Waals surface area contributed by atoms with Gasteiger partial charge in [0.2, 0.25) is 17.6 Å². The van der Waals surface area contributed by atoms with Crippen LogP contribution in [0.4, 0.5) is 8.78 Å². The second kappa shape index (κ2) is 7.80. The number of hydrogen-bond donors (Lipinski definition) is 0. The second-order valence-electron chi connectivity index (χ2n) is 5.56. The van der Waals surface area contributed by atoms with Crippen LogP contribution in [0.3, 0.4) is 0 Å². The molecule has 0 bridgehead atoms. The summed E-state index contributed by atoms with van der Waals surface area (Å²) in [5, 5.41) is 5.84. The minimum Gasteiger partial charge on any atom is -0.340 e. The maximum Gasteiger partial charge on any atom is 0.251 e. The van der Waals surface area contributed by atoms with Crippen molar-refractivity contribution in [1.82, 2.24) is 19.9 Å². The molecule has 1 saturated heterocycles. The Kier molecular flexibility index (Phi) is 5.52. The van der Waals surface area contributed by atoms with Crippen molar-refractivity contribution in [3.05, 3.63) is 23.4 Å². The highest BCUT2D eigenvalue weighted by Crippen LogP contribution is 2.21. The van der Waals surface area contributed by atoms with Crippen molar-refractivity contribution in [2.24, 2.45) is 0 Å². The average Bonchev–Trinajstić information content (AvgIpc) is 3.24. The van der Waals surface area contributed by atoms with Crippen molar-refractivity contribution < 1.29 is 18.1 Å². The van der Waals surface area contributed by atoms with Gasteiger partial charge in [-0.25, -0.2) is 8.78 Å². The van der Waals surface area contributed by atoms with E-state index in [0.717, 1.165) is 4.88 Å². The summed E-state index contributed by atoms with van der Waals surface area (Å²) < 4.78 is 29.9. The Morgan fingerprint density at radius 2 is 2.12 bits per heavy atom. The van der Waals surface area contributed by atoms with Gasteiger partial charge in [0.25, 0.3) is 6.43 Å². The van der Waals surface area contributed by atoms with Gasteiger partial charge in [-0.3, -0.25) is 9.69 Å². The Hall–Kier alpha value is -1.87. The second-order valence-corrected chi connectivity index (χ2v) is 6.51. The molecule has 0 aliphatic carbocycles. The van der Waals surface area contributed by atoms with Crippen LogP contribution in [0.25, 0.3) is 10.7 Å². The van der Waals surface area contributed by atoms with Crippen molar-refractivity contribution in [2.75, 3.05) is 32.7 Å². The third kappa shape index (κ3) is 4.35. The number of piperazine rings is 1. The minimum absolute atomic E-state index is 0.0115. The SMILES string of the molecule is O=C(CCc1nc(-c2cccs2)no1)N1CCN(CC(F)F)CC1. The van der Waals surface area contributed by atoms with Gasteiger partial charge in [-0.1, -0.05) is 11.2 Å². The van der Waals surface area contributed by atoms with E-state index in [1.807, 2.05) is 17.5 Å². The van der Waals surface area contributed by atoms with Gasteiger partial charge in [0, 0.05) is 39.0 Å². The van der Waals surface area contributed by atoms with Gasteiger partial charge in [0.1, 0.15) is 0 Å². The molecule has 24 heavy (non-hydrogen) atoms. The molecule has 6 nitrogen and oxygen atoms in total. The molecule has 0 unspecified atom stereocenters. The first-order valence-electron chi connectivity index (χ1n) is 7.76. The van der Waals surface area contributed by atoms with Crippen LogP contribution in [0.5, 0.6) is 0 Å². The molecule has 2 aromatic heterocycles. The van der Waals surface area contributed by atoms with E-state index in [0.29, 0.717) is 44.3 Å². The van der Waals surface area contributed by atoms with Crippen LogP contribution in [0.15, 0.2) is 22.0 Å². The summed E-state index contributed by atoms with van der Waals surface area (Å²) in [6.07, 6.45) is -1.67.